The number of anilines is 1. The van der Waals surface area contributed by atoms with Crippen LogP contribution in [0.2, 0.25) is 0 Å². The minimum Gasteiger partial charge on any atom is -0.454 e. The van der Waals surface area contributed by atoms with Crippen molar-refractivity contribution in [3.8, 4) is 0 Å². The molecule has 0 aliphatic heterocycles. The summed E-state index contributed by atoms with van der Waals surface area (Å²) in [7, 11) is 0. The maximum atomic E-state index is 6.25. The number of fused-ring (bicyclic) bond motifs is 5. The summed E-state index contributed by atoms with van der Waals surface area (Å²) in [6, 6.07) is 21.7. The van der Waals surface area contributed by atoms with Gasteiger partial charge in [0.25, 0.3) is 0 Å². The molecule has 0 bridgehead atoms. The van der Waals surface area contributed by atoms with Crippen LogP contribution in [0.15, 0.2) is 113 Å². The second-order valence-corrected chi connectivity index (χ2v) is 11.1. The normalized spacial score (nSPS) is 21.8. The van der Waals surface area contributed by atoms with Crippen molar-refractivity contribution in [3.63, 3.8) is 0 Å². The molecule has 0 saturated heterocycles. The van der Waals surface area contributed by atoms with Crippen molar-refractivity contribution in [2.24, 2.45) is 5.92 Å². The molecular formula is C35H31NO. The van der Waals surface area contributed by atoms with Crippen molar-refractivity contribution in [1.29, 1.82) is 0 Å². The van der Waals surface area contributed by atoms with Crippen molar-refractivity contribution in [2.75, 3.05) is 5.32 Å². The fraction of sp³-hybridized carbons (Fsp3) is 0.200. The van der Waals surface area contributed by atoms with Crippen LogP contribution in [0.3, 0.4) is 0 Å². The zero-order chi connectivity index (χ0) is 25.1. The van der Waals surface area contributed by atoms with Crippen molar-refractivity contribution in [1.82, 2.24) is 0 Å². The first-order valence-corrected chi connectivity index (χ1v) is 13.3. The van der Waals surface area contributed by atoms with Crippen LogP contribution in [-0.4, -0.2) is 6.04 Å². The number of benzene rings is 3. The average molecular weight is 482 g/mol. The third-order valence-electron chi connectivity index (χ3n) is 8.26. The van der Waals surface area contributed by atoms with Crippen LogP contribution in [0.5, 0.6) is 0 Å². The summed E-state index contributed by atoms with van der Waals surface area (Å²) < 4.78 is 6.25. The van der Waals surface area contributed by atoms with Crippen LogP contribution in [0.4, 0.5) is 5.69 Å². The third-order valence-corrected chi connectivity index (χ3v) is 8.26. The summed E-state index contributed by atoms with van der Waals surface area (Å²) in [5.41, 5.74) is 10.9. The van der Waals surface area contributed by atoms with E-state index in [4.69, 9.17) is 4.42 Å². The fourth-order valence-electron chi connectivity index (χ4n) is 6.12. The predicted octanol–water partition coefficient (Wildman–Crippen LogP) is 9.22. The van der Waals surface area contributed by atoms with Gasteiger partial charge >= 0.3 is 0 Å². The van der Waals surface area contributed by atoms with Gasteiger partial charge in [0, 0.05) is 16.2 Å². The van der Waals surface area contributed by atoms with Gasteiger partial charge in [0.15, 0.2) is 5.58 Å². The van der Waals surface area contributed by atoms with E-state index in [1.54, 1.807) is 0 Å². The summed E-state index contributed by atoms with van der Waals surface area (Å²) in [4.78, 5) is 0. The van der Waals surface area contributed by atoms with E-state index in [1.807, 2.05) is 12.1 Å². The molecule has 2 atom stereocenters. The SMILES string of the molecule is CC1C=CC(c2ccc3c(c2)C(C)(C)C2=C3C=CC(Nc3cccc4c3oc3ccccc34)C=C2)=CC1. The number of hydrogen-bond acceptors (Lipinski definition) is 2. The van der Waals surface area contributed by atoms with Gasteiger partial charge in [0.1, 0.15) is 5.58 Å². The van der Waals surface area contributed by atoms with Gasteiger partial charge in [-0.3, -0.25) is 0 Å². The zero-order valence-corrected chi connectivity index (χ0v) is 21.6. The third kappa shape index (κ3) is 3.54. The highest BCUT2D eigenvalue weighted by molar-refractivity contribution is 6.08. The minimum absolute atomic E-state index is 0.0542. The van der Waals surface area contributed by atoms with E-state index in [-0.39, 0.29) is 11.5 Å². The molecule has 2 heteroatoms. The molecule has 3 aliphatic carbocycles. The maximum absolute atomic E-state index is 6.25. The lowest BCUT2D eigenvalue weighted by Gasteiger charge is -2.24. The van der Waals surface area contributed by atoms with E-state index in [2.05, 4.69) is 117 Å². The molecule has 0 radical (unpaired) electrons. The van der Waals surface area contributed by atoms with E-state index in [0.29, 0.717) is 5.92 Å². The lowest BCUT2D eigenvalue weighted by atomic mass is 9.79. The molecule has 0 saturated carbocycles. The molecule has 7 rings (SSSR count). The van der Waals surface area contributed by atoms with Crippen LogP contribution in [0.25, 0.3) is 33.1 Å². The molecule has 4 aromatic rings. The Morgan fingerprint density at radius 3 is 2.57 bits per heavy atom. The molecule has 1 aromatic heterocycles. The Balaban J connectivity index is 1.21. The van der Waals surface area contributed by atoms with Gasteiger partial charge in [-0.1, -0.05) is 106 Å². The molecule has 1 heterocycles. The smallest absolute Gasteiger partial charge is 0.158 e. The van der Waals surface area contributed by atoms with Gasteiger partial charge in [-0.2, -0.15) is 0 Å². The van der Waals surface area contributed by atoms with Crippen LogP contribution in [-0.2, 0) is 5.41 Å². The fourth-order valence-corrected chi connectivity index (χ4v) is 6.12. The number of allylic oxidation sites excluding steroid dienone is 8. The summed E-state index contributed by atoms with van der Waals surface area (Å²) in [6.07, 6.45) is 17.3. The van der Waals surface area contributed by atoms with Crippen molar-refractivity contribution in [3.05, 3.63) is 125 Å². The highest BCUT2D eigenvalue weighted by Crippen LogP contribution is 2.49. The predicted molar refractivity (Wildman–Crippen MR) is 157 cm³/mol. The second kappa shape index (κ2) is 8.24. The molecule has 0 spiro atoms. The van der Waals surface area contributed by atoms with E-state index >= 15 is 0 Å². The van der Waals surface area contributed by atoms with Crippen LogP contribution < -0.4 is 5.32 Å². The average Bonchev–Trinajstić information content (AvgIpc) is 3.28. The Morgan fingerprint density at radius 1 is 0.865 bits per heavy atom. The van der Waals surface area contributed by atoms with Gasteiger partial charge in [0.05, 0.1) is 11.7 Å². The Labute approximate surface area is 218 Å². The largest absolute Gasteiger partial charge is 0.454 e. The highest BCUT2D eigenvalue weighted by Gasteiger charge is 2.36. The number of para-hydroxylation sites is 2. The second-order valence-electron chi connectivity index (χ2n) is 11.1. The molecule has 1 N–H and O–H groups in total. The molecule has 0 amide bonds. The maximum Gasteiger partial charge on any atom is 0.158 e. The van der Waals surface area contributed by atoms with Gasteiger partial charge in [-0.05, 0) is 63.9 Å². The highest BCUT2D eigenvalue weighted by atomic mass is 16.3. The molecule has 2 nitrogen and oxygen atoms in total. The Hall–Kier alpha value is -4.04. The Morgan fingerprint density at radius 2 is 1.70 bits per heavy atom. The first-order valence-electron chi connectivity index (χ1n) is 13.3. The van der Waals surface area contributed by atoms with Gasteiger partial charge in [-0.25, -0.2) is 0 Å². The number of nitrogens with one attached hydrogen (secondary N) is 1. The number of rotatable bonds is 3. The molecule has 182 valence electrons. The van der Waals surface area contributed by atoms with E-state index in [1.165, 1.54) is 33.4 Å². The molecule has 0 fully saturated rings. The van der Waals surface area contributed by atoms with Crippen LogP contribution in [0, 0.1) is 5.92 Å². The minimum atomic E-state index is -0.0542. The van der Waals surface area contributed by atoms with Crippen molar-refractivity contribution < 1.29 is 4.42 Å². The van der Waals surface area contributed by atoms with Gasteiger partial charge < -0.3 is 9.73 Å². The van der Waals surface area contributed by atoms with E-state index in [0.717, 1.165) is 34.0 Å². The topological polar surface area (TPSA) is 25.2 Å². The molecule has 2 unspecified atom stereocenters. The molecular weight excluding hydrogens is 450 g/mol. The Bertz CT molecular complexity index is 1720. The monoisotopic (exact) mass is 481 g/mol. The number of furan rings is 1. The standard InChI is InChI=1S/C35H31NO/c1-22-11-13-23(14-12-22)24-15-18-27-26-19-16-25(17-20-30(26)35(2,3)31(27)21-24)36-32-9-6-8-29-28-7-4-5-10-33(28)37-34(29)32/h4-11,13-22,25,36H,12H2,1-3H3. The quantitative estimate of drug-likeness (QED) is 0.315. The van der Waals surface area contributed by atoms with Crippen LogP contribution >= 0.6 is 0 Å². The molecule has 3 aliphatic rings. The summed E-state index contributed by atoms with van der Waals surface area (Å²) in [5.74, 6) is 0.628. The Kier molecular flexibility index (Phi) is 4.94. The first kappa shape index (κ1) is 22.2. The van der Waals surface area contributed by atoms with Crippen molar-refractivity contribution in [2.45, 2.75) is 38.6 Å². The van der Waals surface area contributed by atoms with Crippen molar-refractivity contribution >= 4 is 38.8 Å². The summed E-state index contributed by atoms with van der Waals surface area (Å²) in [5, 5.41) is 6.01. The summed E-state index contributed by atoms with van der Waals surface area (Å²) >= 11 is 0. The molecule has 3 aromatic carbocycles. The lowest BCUT2D eigenvalue weighted by molar-refractivity contribution is 0.653. The van der Waals surface area contributed by atoms with E-state index in [9.17, 15) is 0 Å². The van der Waals surface area contributed by atoms with Gasteiger partial charge in [0.2, 0.25) is 0 Å². The number of hydrogen-bond donors (Lipinski definition) is 1. The zero-order valence-electron chi connectivity index (χ0n) is 21.6. The summed E-state index contributed by atoms with van der Waals surface area (Å²) in [6.45, 7) is 6.98. The van der Waals surface area contributed by atoms with Crippen LogP contribution in [0.1, 0.15) is 43.9 Å². The van der Waals surface area contributed by atoms with Gasteiger partial charge in [-0.15, -0.1) is 0 Å². The lowest BCUT2D eigenvalue weighted by Crippen LogP contribution is -2.17. The molecule has 37 heavy (non-hydrogen) atoms. The first-order chi connectivity index (χ1) is 18.0. The van der Waals surface area contributed by atoms with E-state index < -0.39 is 0 Å².